The summed E-state index contributed by atoms with van der Waals surface area (Å²) in [5.41, 5.74) is 2.65. The van der Waals surface area contributed by atoms with Gasteiger partial charge in [-0.3, -0.25) is 9.69 Å². The zero-order valence-corrected chi connectivity index (χ0v) is 11.7. The number of nitrogens with zero attached hydrogens (tertiary/aromatic N) is 1. The van der Waals surface area contributed by atoms with E-state index in [9.17, 15) is 4.79 Å². The van der Waals surface area contributed by atoms with Crippen LogP contribution in [0.15, 0.2) is 22.7 Å². The van der Waals surface area contributed by atoms with Crippen molar-refractivity contribution >= 4 is 21.9 Å². The Hall–Kier alpha value is -0.870. The lowest BCUT2D eigenvalue weighted by atomic mass is 9.99. The molecular formula is C13H16BrNO2. The highest BCUT2D eigenvalue weighted by Gasteiger charge is 2.26. The molecule has 17 heavy (non-hydrogen) atoms. The first kappa shape index (κ1) is 12.6. The second-order valence-electron chi connectivity index (χ2n) is 4.30. The van der Waals surface area contributed by atoms with Crippen LogP contribution in [0.25, 0.3) is 0 Å². The molecule has 0 N–H and O–H groups in total. The number of hydrogen-bond acceptors (Lipinski definition) is 3. The van der Waals surface area contributed by atoms with E-state index in [0.717, 1.165) is 24.0 Å². The zero-order valence-electron chi connectivity index (χ0n) is 10.1. The average Bonchev–Trinajstić information content (AvgIpc) is 2.37. The SMILES string of the molecule is COC(=O)C(C)N1CCc2cccc(Br)c2C1. The normalized spacial score (nSPS) is 17.4. The molecule has 92 valence electrons. The van der Waals surface area contributed by atoms with Gasteiger partial charge in [0.25, 0.3) is 0 Å². The van der Waals surface area contributed by atoms with Gasteiger partial charge in [-0.15, -0.1) is 0 Å². The Morgan fingerprint density at radius 2 is 2.29 bits per heavy atom. The smallest absolute Gasteiger partial charge is 0.322 e. The van der Waals surface area contributed by atoms with Crippen molar-refractivity contribution < 1.29 is 9.53 Å². The highest BCUT2D eigenvalue weighted by atomic mass is 79.9. The van der Waals surface area contributed by atoms with Crippen molar-refractivity contribution in [3.63, 3.8) is 0 Å². The van der Waals surface area contributed by atoms with Gasteiger partial charge in [0.15, 0.2) is 0 Å². The van der Waals surface area contributed by atoms with Gasteiger partial charge in [-0.05, 0) is 30.5 Å². The third kappa shape index (κ3) is 2.53. The minimum Gasteiger partial charge on any atom is -0.468 e. The Bertz CT molecular complexity index is 433. The lowest BCUT2D eigenvalue weighted by Gasteiger charge is -2.32. The number of fused-ring (bicyclic) bond motifs is 1. The number of halogens is 1. The van der Waals surface area contributed by atoms with E-state index in [0.29, 0.717) is 0 Å². The number of ether oxygens (including phenoxy) is 1. The van der Waals surface area contributed by atoms with Crippen molar-refractivity contribution in [3.05, 3.63) is 33.8 Å². The molecule has 1 aromatic rings. The van der Waals surface area contributed by atoms with Crippen LogP contribution < -0.4 is 0 Å². The molecule has 1 heterocycles. The van der Waals surface area contributed by atoms with Gasteiger partial charge in [0.05, 0.1) is 7.11 Å². The van der Waals surface area contributed by atoms with E-state index >= 15 is 0 Å². The second-order valence-corrected chi connectivity index (χ2v) is 5.15. The molecule has 4 heteroatoms. The van der Waals surface area contributed by atoms with Crippen LogP contribution in [-0.4, -0.2) is 30.6 Å². The van der Waals surface area contributed by atoms with Crippen LogP contribution in [0.5, 0.6) is 0 Å². The average molecular weight is 298 g/mol. The first-order valence-corrected chi connectivity index (χ1v) is 6.51. The predicted octanol–water partition coefficient (Wildman–Crippen LogP) is 2.37. The van der Waals surface area contributed by atoms with Crippen LogP contribution in [0.1, 0.15) is 18.1 Å². The number of esters is 1. The fraction of sp³-hybridized carbons (Fsp3) is 0.462. The van der Waals surface area contributed by atoms with Gasteiger partial charge in [-0.25, -0.2) is 0 Å². The number of carbonyl (C=O) groups excluding carboxylic acids is 1. The first-order valence-electron chi connectivity index (χ1n) is 5.71. The summed E-state index contributed by atoms with van der Waals surface area (Å²) < 4.78 is 5.91. The molecule has 0 spiro atoms. The summed E-state index contributed by atoms with van der Waals surface area (Å²) in [4.78, 5) is 13.7. The monoisotopic (exact) mass is 297 g/mol. The lowest BCUT2D eigenvalue weighted by molar-refractivity contribution is -0.146. The van der Waals surface area contributed by atoms with Crippen molar-refractivity contribution in [1.29, 1.82) is 0 Å². The van der Waals surface area contributed by atoms with Crippen LogP contribution in [0.2, 0.25) is 0 Å². The maximum atomic E-state index is 11.5. The summed E-state index contributed by atoms with van der Waals surface area (Å²) in [5, 5.41) is 0. The van der Waals surface area contributed by atoms with E-state index in [1.165, 1.54) is 18.2 Å². The van der Waals surface area contributed by atoms with Crippen molar-refractivity contribution in [2.75, 3.05) is 13.7 Å². The number of rotatable bonds is 2. The highest BCUT2D eigenvalue weighted by molar-refractivity contribution is 9.10. The number of hydrogen-bond donors (Lipinski definition) is 0. The van der Waals surface area contributed by atoms with E-state index in [1.54, 1.807) is 0 Å². The largest absolute Gasteiger partial charge is 0.468 e. The van der Waals surface area contributed by atoms with Crippen molar-refractivity contribution in [2.45, 2.75) is 25.9 Å². The molecule has 1 atom stereocenters. The number of methoxy groups -OCH3 is 1. The first-order chi connectivity index (χ1) is 8.13. The molecule has 0 aromatic heterocycles. The van der Waals surface area contributed by atoms with Crippen LogP contribution in [0, 0.1) is 0 Å². The fourth-order valence-electron chi connectivity index (χ4n) is 2.21. The maximum absolute atomic E-state index is 11.5. The summed E-state index contributed by atoms with van der Waals surface area (Å²) >= 11 is 3.57. The van der Waals surface area contributed by atoms with Crippen molar-refractivity contribution in [1.82, 2.24) is 4.90 Å². The maximum Gasteiger partial charge on any atom is 0.322 e. The van der Waals surface area contributed by atoms with Gasteiger partial charge in [-0.1, -0.05) is 28.1 Å². The third-order valence-electron chi connectivity index (χ3n) is 3.34. The van der Waals surface area contributed by atoms with Crippen molar-refractivity contribution in [3.8, 4) is 0 Å². The molecule has 0 saturated carbocycles. The van der Waals surface area contributed by atoms with Crippen LogP contribution in [-0.2, 0) is 22.5 Å². The summed E-state index contributed by atoms with van der Waals surface area (Å²) in [6.07, 6.45) is 0.982. The zero-order chi connectivity index (χ0) is 12.4. The molecule has 0 amide bonds. The molecule has 1 aliphatic heterocycles. The Kier molecular flexibility index (Phi) is 3.84. The van der Waals surface area contributed by atoms with Gasteiger partial charge in [0.1, 0.15) is 6.04 Å². The molecule has 0 bridgehead atoms. The van der Waals surface area contributed by atoms with Gasteiger partial charge in [0, 0.05) is 17.6 Å². The minimum atomic E-state index is -0.180. The van der Waals surface area contributed by atoms with Crippen LogP contribution in [0.3, 0.4) is 0 Å². The Labute approximate surface area is 110 Å². The third-order valence-corrected chi connectivity index (χ3v) is 4.08. The van der Waals surface area contributed by atoms with Crippen molar-refractivity contribution in [2.24, 2.45) is 0 Å². The molecule has 0 aliphatic carbocycles. The second kappa shape index (κ2) is 5.19. The molecule has 0 saturated heterocycles. The van der Waals surface area contributed by atoms with E-state index in [2.05, 4.69) is 33.0 Å². The quantitative estimate of drug-likeness (QED) is 0.785. The van der Waals surface area contributed by atoms with Gasteiger partial charge in [0.2, 0.25) is 0 Å². The van der Waals surface area contributed by atoms with Gasteiger partial charge < -0.3 is 4.74 Å². The fourth-order valence-corrected chi connectivity index (χ4v) is 2.74. The molecule has 2 rings (SSSR count). The van der Waals surface area contributed by atoms with E-state index in [4.69, 9.17) is 4.74 Å². The van der Waals surface area contributed by atoms with Crippen LogP contribution in [0.4, 0.5) is 0 Å². The Morgan fingerprint density at radius 3 is 3.00 bits per heavy atom. The minimum absolute atomic E-state index is 0.166. The highest BCUT2D eigenvalue weighted by Crippen LogP contribution is 2.27. The molecule has 0 fully saturated rings. The van der Waals surface area contributed by atoms with E-state index in [1.807, 2.05) is 13.0 Å². The summed E-state index contributed by atoms with van der Waals surface area (Å²) in [7, 11) is 1.44. The Morgan fingerprint density at radius 1 is 1.53 bits per heavy atom. The molecule has 3 nitrogen and oxygen atoms in total. The summed E-state index contributed by atoms with van der Waals surface area (Å²) in [6, 6.07) is 6.08. The number of carbonyl (C=O) groups is 1. The Balaban J connectivity index is 2.18. The molecule has 0 radical (unpaired) electrons. The summed E-state index contributed by atoms with van der Waals surface area (Å²) in [6.45, 7) is 3.60. The molecule has 1 aromatic carbocycles. The van der Waals surface area contributed by atoms with Gasteiger partial charge in [-0.2, -0.15) is 0 Å². The van der Waals surface area contributed by atoms with E-state index < -0.39 is 0 Å². The topological polar surface area (TPSA) is 29.5 Å². The van der Waals surface area contributed by atoms with E-state index in [-0.39, 0.29) is 12.0 Å². The standard InChI is InChI=1S/C13H16BrNO2/c1-9(13(16)17-2)15-7-6-10-4-3-5-12(14)11(10)8-15/h3-5,9H,6-8H2,1-2H3. The lowest BCUT2D eigenvalue weighted by Crippen LogP contribution is -2.42. The van der Waals surface area contributed by atoms with Gasteiger partial charge >= 0.3 is 5.97 Å². The predicted molar refractivity (Wildman–Crippen MR) is 69.7 cm³/mol. The number of benzene rings is 1. The molecule has 1 aliphatic rings. The molecule has 1 unspecified atom stereocenters. The summed E-state index contributed by atoms with van der Waals surface area (Å²) in [5.74, 6) is -0.166. The molecular weight excluding hydrogens is 282 g/mol. The van der Waals surface area contributed by atoms with Crippen LogP contribution >= 0.6 is 15.9 Å².